The van der Waals surface area contributed by atoms with E-state index >= 15 is 0 Å². The van der Waals surface area contributed by atoms with Crippen LogP contribution < -0.4 is 0 Å². The summed E-state index contributed by atoms with van der Waals surface area (Å²) in [4.78, 5) is 13.8. The predicted octanol–water partition coefficient (Wildman–Crippen LogP) is 8.46. The minimum Gasteiger partial charge on any atom is -0.481 e. The zero-order chi connectivity index (χ0) is 29.2. The lowest BCUT2D eigenvalue weighted by atomic mass is 9.83. The maximum Gasteiger partial charge on any atom is 0.449 e. The van der Waals surface area contributed by atoms with Crippen LogP contribution in [0.4, 0.5) is 13.2 Å². The third-order valence-corrected chi connectivity index (χ3v) is 7.35. The summed E-state index contributed by atoms with van der Waals surface area (Å²) in [6.07, 6.45) is -4.53. The van der Waals surface area contributed by atoms with E-state index in [1.54, 1.807) is 13.8 Å². The van der Waals surface area contributed by atoms with Crippen molar-refractivity contribution in [2.75, 3.05) is 0 Å². The van der Waals surface area contributed by atoms with Gasteiger partial charge in [-0.05, 0) is 85.7 Å². The number of carboxylic acids is 1. The van der Waals surface area contributed by atoms with Crippen LogP contribution in [0.3, 0.4) is 0 Å². The van der Waals surface area contributed by atoms with Crippen LogP contribution in [0, 0.1) is 20.8 Å². The maximum absolute atomic E-state index is 13.1. The van der Waals surface area contributed by atoms with Gasteiger partial charge in [0.25, 0.3) is 0 Å². The van der Waals surface area contributed by atoms with Crippen molar-refractivity contribution >= 4 is 5.97 Å². The second kappa shape index (κ2) is 11.3. The van der Waals surface area contributed by atoms with Crippen LogP contribution in [-0.2, 0) is 36.0 Å². The molecule has 0 bridgehead atoms. The third kappa shape index (κ3) is 6.65. The first-order chi connectivity index (χ1) is 18.7. The number of furan rings is 1. The van der Waals surface area contributed by atoms with Gasteiger partial charge in [0.05, 0.1) is 12.0 Å². The molecule has 0 spiro atoms. The van der Waals surface area contributed by atoms with Gasteiger partial charge in [-0.15, -0.1) is 0 Å². The Morgan fingerprint density at radius 2 is 1.48 bits per heavy atom. The molecule has 7 heteroatoms. The van der Waals surface area contributed by atoms with Crippen molar-refractivity contribution in [2.45, 2.75) is 65.8 Å². The maximum atomic E-state index is 13.1. The number of carbonyl (C=O) groups is 1. The smallest absolute Gasteiger partial charge is 0.449 e. The summed E-state index contributed by atoms with van der Waals surface area (Å²) in [5.41, 5.74) is 7.14. The molecule has 0 aliphatic heterocycles. The monoisotopic (exact) mass is 549 g/mol. The normalized spacial score (nSPS) is 12.2. The average molecular weight is 550 g/mol. The fraction of sp³-hybridized carbons (Fsp3) is 0.303. The molecule has 0 saturated carbocycles. The van der Waals surface area contributed by atoms with Crippen LogP contribution in [0.25, 0.3) is 11.1 Å². The first-order valence-electron chi connectivity index (χ1n) is 13.1. The molecule has 0 unspecified atom stereocenters. The molecule has 40 heavy (non-hydrogen) atoms. The van der Waals surface area contributed by atoms with Crippen LogP contribution in [0.2, 0.25) is 0 Å². The Labute approximate surface area is 233 Å². The van der Waals surface area contributed by atoms with Gasteiger partial charge in [0.2, 0.25) is 5.76 Å². The molecule has 4 nitrogen and oxygen atoms in total. The van der Waals surface area contributed by atoms with Gasteiger partial charge in [-0.25, -0.2) is 0 Å². The van der Waals surface area contributed by atoms with Crippen molar-refractivity contribution in [3.05, 3.63) is 118 Å². The standard InChI is InChI=1S/C33H34F3NO3/c1-21-15-22(2)29(23(3)16-21)20-37(19-28-13-14-30(40-28)33(34,35)36)18-24-9-11-25(12-10-24)26-7-6-8-27(17-26)32(4,5)31(38)39/h6-17H,18-20H2,1-5H3,(H,38,39). The van der Waals surface area contributed by atoms with E-state index < -0.39 is 23.3 Å². The van der Waals surface area contributed by atoms with Crippen molar-refractivity contribution in [1.82, 2.24) is 4.90 Å². The molecule has 0 radical (unpaired) electrons. The van der Waals surface area contributed by atoms with Crippen LogP contribution in [-0.4, -0.2) is 16.0 Å². The van der Waals surface area contributed by atoms with E-state index in [2.05, 4.69) is 30.9 Å². The number of aliphatic carboxylic acids is 1. The summed E-state index contributed by atoms with van der Waals surface area (Å²) < 4.78 is 44.6. The van der Waals surface area contributed by atoms with Crippen molar-refractivity contribution in [3.8, 4) is 11.1 Å². The zero-order valence-corrected chi connectivity index (χ0v) is 23.4. The largest absolute Gasteiger partial charge is 0.481 e. The Hall–Kier alpha value is -3.84. The van der Waals surface area contributed by atoms with Crippen molar-refractivity contribution in [1.29, 1.82) is 0 Å². The number of nitrogens with zero attached hydrogens (tertiary/aromatic N) is 1. The van der Waals surface area contributed by atoms with Gasteiger partial charge in [0, 0.05) is 13.1 Å². The zero-order valence-electron chi connectivity index (χ0n) is 23.4. The Kier molecular flexibility index (Phi) is 8.26. The van der Waals surface area contributed by atoms with Crippen molar-refractivity contribution in [2.24, 2.45) is 0 Å². The van der Waals surface area contributed by atoms with Gasteiger partial charge in [-0.1, -0.05) is 66.2 Å². The number of rotatable bonds is 9. The number of hydrogen-bond acceptors (Lipinski definition) is 3. The van der Waals surface area contributed by atoms with E-state index in [1.807, 2.05) is 55.5 Å². The highest BCUT2D eigenvalue weighted by Crippen LogP contribution is 2.32. The predicted molar refractivity (Wildman–Crippen MR) is 150 cm³/mol. The molecule has 0 fully saturated rings. The lowest BCUT2D eigenvalue weighted by molar-refractivity contribution is -0.153. The van der Waals surface area contributed by atoms with Crippen molar-refractivity contribution in [3.63, 3.8) is 0 Å². The Balaban J connectivity index is 1.60. The topological polar surface area (TPSA) is 53.7 Å². The SMILES string of the molecule is Cc1cc(C)c(CN(Cc2ccc(-c3cccc(C(C)(C)C(=O)O)c3)cc2)Cc2ccc(C(F)(F)F)o2)c(C)c1. The van der Waals surface area contributed by atoms with E-state index in [-0.39, 0.29) is 12.3 Å². The molecule has 0 atom stereocenters. The summed E-state index contributed by atoms with van der Waals surface area (Å²) in [5, 5.41) is 9.61. The summed E-state index contributed by atoms with van der Waals surface area (Å²) >= 11 is 0. The molecule has 0 aliphatic carbocycles. The fourth-order valence-electron chi connectivity index (χ4n) is 4.96. The Morgan fingerprint density at radius 3 is 2.05 bits per heavy atom. The number of aryl methyl sites for hydroxylation is 3. The molecule has 210 valence electrons. The van der Waals surface area contributed by atoms with Gasteiger partial charge >= 0.3 is 12.1 Å². The molecule has 4 aromatic rings. The molecule has 1 heterocycles. The van der Waals surface area contributed by atoms with Crippen LogP contribution in [0.1, 0.15) is 58.7 Å². The highest BCUT2D eigenvalue weighted by atomic mass is 19.4. The number of halogens is 3. The summed E-state index contributed by atoms with van der Waals surface area (Å²) in [5.74, 6) is -1.63. The molecule has 0 saturated heterocycles. The second-order valence-corrected chi connectivity index (χ2v) is 11.0. The van der Waals surface area contributed by atoms with E-state index in [4.69, 9.17) is 4.42 Å². The number of hydrogen-bond donors (Lipinski definition) is 1. The number of benzene rings is 3. The summed E-state index contributed by atoms with van der Waals surface area (Å²) in [6.45, 7) is 10.8. The van der Waals surface area contributed by atoms with Gasteiger partial charge in [-0.3, -0.25) is 9.69 Å². The van der Waals surface area contributed by atoms with Crippen LogP contribution in [0.15, 0.2) is 77.2 Å². The summed E-state index contributed by atoms with van der Waals surface area (Å²) in [7, 11) is 0. The molecular formula is C33H34F3NO3. The number of alkyl halides is 3. The molecular weight excluding hydrogens is 515 g/mol. The van der Waals surface area contributed by atoms with Gasteiger partial charge < -0.3 is 9.52 Å². The molecule has 0 aliphatic rings. The Morgan fingerprint density at radius 1 is 0.825 bits per heavy atom. The van der Waals surface area contributed by atoms with Crippen LogP contribution in [0.5, 0.6) is 0 Å². The van der Waals surface area contributed by atoms with E-state index in [1.165, 1.54) is 6.07 Å². The van der Waals surface area contributed by atoms with E-state index in [9.17, 15) is 23.1 Å². The quantitative estimate of drug-likeness (QED) is 0.228. The second-order valence-electron chi connectivity index (χ2n) is 11.0. The minimum atomic E-state index is -4.53. The first-order valence-corrected chi connectivity index (χ1v) is 13.1. The molecule has 1 aromatic heterocycles. The fourth-order valence-corrected chi connectivity index (χ4v) is 4.96. The highest BCUT2D eigenvalue weighted by molar-refractivity contribution is 5.81. The lowest BCUT2D eigenvalue weighted by Gasteiger charge is -2.24. The molecule has 3 aromatic carbocycles. The van der Waals surface area contributed by atoms with Gasteiger partial charge in [0.1, 0.15) is 5.76 Å². The van der Waals surface area contributed by atoms with Crippen LogP contribution >= 0.6 is 0 Å². The third-order valence-electron chi connectivity index (χ3n) is 7.35. The average Bonchev–Trinajstić information content (AvgIpc) is 3.36. The minimum absolute atomic E-state index is 0.219. The highest BCUT2D eigenvalue weighted by Gasteiger charge is 2.35. The molecule has 4 rings (SSSR count). The first kappa shape index (κ1) is 29.2. The summed E-state index contributed by atoms with van der Waals surface area (Å²) in [6, 6.07) is 22.1. The number of carboxylic acid groups (broad SMARTS) is 1. The van der Waals surface area contributed by atoms with E-state index in [0.717, 1.165) is 45.0 Å². The van der Waals surface area contributed by atoms with Crippen molar-refractivity contribution < 1.29 is 27.5 Å². The lowest BCUT2D eigenvalue weighted by Crippen LogP contribution is -2.28. The van der Waals surface area contributed by atoms with E-state index in [0.29, 0.717) is 18.7 Å². The molecule has 0 amide bonds. The van der Waals surface area contributed by atoms with Gasteiger partial charge in [-0.2, -0.15) is 13.2 Å². The Bertz CT molecular complexity index is 1480. The molecule has 1 N–H and O–H groups in total. The van der Waals surface area contributed by atoms with Gasteiger partial charge in [0.15, 0.2) is 0 Å².